The first-order valence-corrected chi connectivity index (χ1v) is 12.0. The summed E-state index contributed by atoms with van der Waals surface area (Å²) in [5.41, 5.74) is 8.67. The molecule has 0 bridgehead atoms. The van der Waals surface area contributed by atoms with Crippen molar-refractivity contribution in [2.45, 2.75) is 31.9 Å². The Labute approximate surface area is 211 Å². The molecular weight excluding hydrogens is 475 g/mol. The number of rotatable bonds is 7. The van der Waals surface area contributed by atoms with Gasteiger partial charge in [-0.2, -0.15) is 0 Å². The molecule has 0 spiro atoms. The van der Waals surface area contributed by atoms with Gasteiger partial charge in [-0.3, -0.25) is 14.2 Å². The number of anilines is 1. The maximum Gasteiger partial charge on any atom is 0.339 e. The summed E-state index contributed by atoms with van der Waals surface area (Å²) in [6.07, 6.45) is 6.91. The molecule has 1 aromatic carbocycles. The molecule has 6 rings (SSSR count). The summed E-state index contributed by atoms with van der Waals surface area (Å²) in [5, 5.41) is 14.5. The number of fused-ring (bicyclic) bond motifs is 4. The number of H-pyrrole nitrogens is 1. The van der Waals surface area contributed by atoms with Gasteiger partial charge < -0.3 is 15.4 Å². The third-order valence-electron chi connectivity index (χ3n) is 6.84. The molecule has 1 atom stereocenters. The number of benzene rings is 1. The highest BCUT2D eigenvalue weighted by Crippen LogP contribution is 2.32. The lowest BCUT2D eigenvalue weighted by Gasteiger charge is -2.25. The maximum absolute atomic E-state index is 13.9. The smallest absolute Gasteiger partial charge is 0.339 e. The van der Waals surface area contributed by atoms with E-state index in [1.165, 1.54) is 35.0 Å². The average molecular weight is 501 g/mol. The number of nitrogens with one attached hydrogen (secondary N) is 3. The molecule has 4 N–H and O–H groups in total. The number of aryl methyl sites for hydroxylation is 1. The normalized spacial score (nSPS) is 15.2. The zero-order valence-corrected chi connectivity index (χ0v) is 20.1. The second-order valence-electron chi connectivity index (χ2n) is 9.19. The van der Waals surface area contributed by atoms with Crippen molar-refractivity contribution in [3.05, 3.63) is 83.2 Å². The number of hydrogen-bond acceptors (Lipinski definition) is 6. The molecule has 0 aliphatic heterocycles. The SMILES string of the molecule is CNOCc1ccc2c3c([nH]c2c1)CC[C@@H](Nc1cc(-c2cncc(F)c2)nc2c(C(=O)O)ccn12)C3. The highest BCUT2D eigenvalue weighted by Gasteiger charge is 2.24. The van der Waals surface area contributed by atoms with E-state index in [1.54, 1.807) is 17.6 Å². The van der Waals surface area contributed by atoms with Gasteiger partial charge in [0.2, 0.25) is 0 Å². The van der Waals surface area contributed by atoms with Crippen LogP contribution in [-0.2, 0) is 24.3 Å². The minimum Gasteiger partial charge on any atom is -0.478 e. The summed E-state index contributed by atoms with van der Waals surface area (Å²) >= 11 is 0. The lowest BCUT2D eigenvalue weighted by Crippen LogP contribution is -2.28. The number of aromatic nitrogens is 4. The standard InChI is InChI=1S/C27H25FN6O3/c1-29-37-14-15-2-4-19-21-10-18(3-5-22(21)32-24(19)8-15)31-25-11-23(16-9-17(28)13-30-12-16)33-26-20(27(35)36)6-7-34(25)26/h2,4,6-9,11-13,18,29,31-32H,3,5,10,14H2,1H3,(H,35,36)/t18-/m1/s1. The minimum absolute atomic E-state index is 0.0786. The maximum atomic E-state index is 13.9. The molecule has 4 heterocycles. The summed E-state index contributed by atoms with van der Waals surface area (Å²) < 4.78 is 15.6. The van der Waals surface area contributed by atoms with Gasteiger partial charge in [0.05, 0.1) is 18.5 Å². The van der Waals surface area contributed by atoms with Crippen LogP contribution in [0.2, 0.25) is 0 Å². The van der Waals surface area contributed by atoms with E-state index in [0.717, 1.165) is 36.5 Å². The second-order valence-corrected chi connectivity index (χ2v) is 9.19. The quantitative estimate of drug-likeness (QED) is 0.246. The van der Waals surface area contributed by atoms with Crippen LogP contribution >= 0.6 is 0 Å². The number of carboxylic acid groups (broad SMARTS) is 1. The lowest BCUT2D eigenvalue weighted by atomic mass is 9.91. The predicted octanol–water partition coefficient (Wildman–Crippen LogP) is 4.34. The molecule has 0 amide bonds. The van der Waals surface area contributed by atoms with Gasteiger partial charge in [-0.1, -0.05) is 12.1 Å². The fourth-order valence-electron chi connectivity index (χ4n) is 5.11. The Hall–Kier alpha value is -4.28. The van der Waals surface area contributed by atoms with Gasteiger partial charge in [0.25, 0.3) is 0 Å². The number of aromatic carboxylic acids is 1. The first kappa shape index (κ1) is 23.1. The monoisotopic (exact) mass is 500 g/mol. The molecule has 0 saturated carbocycles. The van der Waals surface area contributed by atoms with Gasteiger partial charge in [0.1, 0.15) is 17.2 Å². The largest absolute Gasteiger partial charge is 0.478 e. The van der Waals surface area contributed by atoms with E-state index in [-0.39, 0.29) is 17.3 Å². The van der Waals surface area contributed by atoms with Crippen molar-refractivity contribution in [1.29, 1.82) is 0 Å². The van der Waals surface area contributed by atoms with E-state index in [0.29, 0.717) is 23.7 Å². The Morgan fingerprint density at radius 1 is 1.27 bits per heavy atom. The Morgan fingerprint density at radius 2 is 2.16 bits per heavy atom. The molecular formula is C27H25FN6O3. The van der Waals surface area contributed by atoms with Crippen molar-refractivity contribution in [1.82, 2.24) is 24.8 Å². The predicted molar refractivity (Wildman–Crippen MR) is 137 cm³/mol. The van der Waals surface area contributed by atoms with E-state index in [1.807, 2.05) is 6.07 Å². The summed E-state index contributed by atoms with van der Waals surface area (Å²) in [4.78, 5) is 29.2. The van der Waals surface area contributed by atoms with Crippen LogP contribution in [-0.4, -0.2) is 43.5 Å². The van der Waals surface area contributed by atoms with Crippen LogP contribution in [0.3, 0.4) is 0 Å². The number of halogens is 1. The van der Waals surface area contributed by atoms with E-state index in [4.69, 9.17) is 4.84 Å². The van der Waals surface area contributed by atoms with Crippen molar-refractivity contribution >= 4 is 28.3 Å². The number of carboxylic acids is 1. The molecule has 0 fully saturated rings. The van der Waals surface area contributed by atoms with Gasteiger partial charge in [0.15, 0.2) is 5.65 Å². The van der Waals surface area contributed by atoms with Crippen LogP contribution in [0, 0.1) is 5.82 Å². The van der Waals surface area contributed by atoms with Crippen LogP contribution in [0.15, 0.2) is 55.0 Å². The lowest BCUT2D eigenvalue weighted by molar-refractivity contribution is 0.0445. The first-order valence-electron chi connectivity index (χ1n) is 12.0. The number of carbonyl (C=O) groups is 1. The molecule has 0 saturated heterocycles. The zero-order valence-electron chi connectivity index (χ0n) is 20.1. The Morgan fingerprint density at radius 3 is 2.97 bits per heavy atom. The third kappa shape index (κ3) is 4.30. The van der Waals surface area contributed by atoms with Crippen LogP contribution in [0.4, 0.5) is 10.2 Å². The number of hydroxylamine groups is 1. The summed E-state index contributed by atoms with van der Waals surface area (Å²) in [7, 11) is 1.74. The number of nitrogens with zero attached hydrogens (tertiary/aromatic N) is 3. The van der Waals surface area contributed by atoms with Crippen molar-refractivity contribution in [2.75, 3.05) is 12.4 Å². The molecule has 37 heavy (non-hydrogen) atoms. The van der Waals surface area contributed by atoms with Crippen molar-refractivity contribution in [3.8, 4) is 11.3 Å². The highest BCUT2D eigenvalue weighted by molar-refractivity contribution is 5.95. The van der Waals surface area contributed by atoms with Crippen molar-refractivity contribution in [2.24, 2.45) is 0 Å². The van der Waals surface area contributed by atoms with E-state index in [2.05, 4.69) is 43.9 Å². The summed E-state index contributed by atoms with van der Waals surface area (Å²) in [5.74, 6) is -0.866. The summed E-state index contributed by atoms with van der Waals surface area (Å²) in [6.45, 7) is 0.483. The van der Waals surface area contributed by atoms with Crippen LogP contribution < -0.4 is 10.8 Å². The fraction of sp³-hybridized carbons (Fsp3) is 0.222. The molecule has 4 aromatic heterocycles. The van der Waals surface area contributed by atoms with E-state index in [9.17, 15) is 14.3 Å². The Kier molecular flexibility index (Phi) is 5.82. The first-order chi connectivity index (χ1) is 18.0. The molecule has 5 aromatic rings. The van der Waals surface area contributed by atoms with Gasteiger partial charge in [-0.15, -0.1) is 0 Å². The fourth-order valence-corrected chi connectivity index (χ4v) is 5.11. The molecule has 9 nitrogen and oxygen atoms in total. The van der Waals surface area contributed by atoms with Crippen LogP contribution in [0.1, 0.15) is 33.6 Å². The molecule has 188 valence electrons. The molecule has 1 aliphatic rings. The zero-order chi connectivity index (χ0) is 25.5. The Balaban J connectivity index is 1.35. The number of aromatic amines is 1. The molecule has 1 aliphatic carbocycles. The Bertz CT molecular complexity index is 1640. The molecule has 0 unspecified atom stereocenters. The summed E-state index contributed by atoms with van der Waals surface area (Å²) in [6, 6.07) is 11.1. The van der Waals surface area contributed by atoms with E-state index >= 15 is 0 Å². The third-order valence-corrected chi connectivity index (χ3v) is 6.84. The van der Waals surface area contributed by atoms with Crippen LogP contribution in [0.25, 0.3) is 27.8 Å². The molecule has 10 heteroatoms. The minimum atomic E-state index is -1.07. The number of pyridine rings is 1. The van der Waals surface area contributed by atoms with Gasteiger partial charge in [-0.25, -0.2) is 19.6 Å². The van der Waals surface area contributed by atoms with Gasteiger partial charge in [-0.05, 0) is 48.6 Å². The second kappa shape index (κ2) is 9.30. The topological polar surface area (TPSA) is 117 Å². The van der Waals surface area contributed by atoms with Crippen molar-refractivity contribution in [3.63, 3.8) is 0 Å². The van der Waals surface area contributed by atoms with Crippen molar-refractivity contribution < 1.29 is 19.1 Å². The highest BCUT2D eigenvalue weighted by atomic mass is 19.1. The van der Waals surface area contributed by atoms with Gasteiger partial charge in [0, 0.05) is 53.7 Å². The van der Waals surface area contributed by atoms with E-state index < -0.39 is 11.8 Å². The van der Waals surface area contributed by atoms with Gasteiger partial charge >= 0.3 is 5.97 Å². The average Bonchev–Trinajstić information content (AvgIpc) is 3.48. The number of hydrogen-bond donors (Lipinski definition) is 4. The van der Waals surface area contributed by atoms with Crippen LogP contribution in [0.5, 0.6) is 0 Å². The molecule has 0 radical (unpaired) electrons.